The van der Waals surface area contributed by atoms with Gasteiger partial charge >= 0.3 is 12.1 Å². The third-order valence-corrected chi connectivity index (χ3v) is 4.71. The van der Waals surface area contributed by atoms with Crippen LogP contribution in [0.5, 0.6) is 0 Å². The molecule has 0 aliphatic carbocycles. The highest BCUT2D eigenvalue weighted by molar-refractivity contribution is 9.10. The van der Waals surface area contributed by atoms with E-state index in [2.05, 4.69) is 26.2 Å². The minimum absolute atomic E-state index is 0.0361. The zero-order chi connectivity index (χ0) is 22.6. The first-order chi connectivity index (χ1) is 14.6. The molecule has 31 heavy (non-hydrogen) atoms. The number of esters is 1. The van der Waals surface area contributed by atoms with Crippen molar-refractivity contribution in [3.63, 3.8) is 0 Å². The highest BCUT2D eigenvalue weighted by Crippen LogP contribution is 2.34. The maximum atomic E-state index is 13.0. The molecule has 1 amide bonds. The molecule has 0 atom stereocenters. The number of para-hydroxylation sites is 1. The van der Waals surface area contributed by atoms with E-state index in [0.29, 0.717) is 15.4 Å². The molecule has 1 heterocycles. The second-order valence-electron chi connectivity index (χ2n) is 6.41. The Bertz CT molecular complexity index is 1190. The van der Waals surface area contributed by atoms with Crippen molar-refractivity contribution in [3.8, 4) is 0 Å². The number of rotatable bonds is 6. The van der Waals surface area contributed by atoms with E-state index in [9.17, 15) is 27.6 Å². The predicted molar refractivity (Wildman–Crippen MR) is 109 cm³/mol. The number of nitrogens with zero attached hydrogens (tertiary/aromatic N) is 2. The normalized spacial score (nSPS) is 11.4. The lowest BCUT2D eigenvalue weighted by Gasteiger charge is -2.13. The smallest absolute Gasteiger partial charge is 0.418 e. The number of anilines is 1. The molecule has 0 spiro atoms. The van der Waals surface area contributed by atoms with E-state index < -0.39 is 35.9 Å². The van der Waals surface area contributed by atoms with Crippen molar-refractivity contribution in [2.45, 2.75) is 19.1 Å². The van der Waals surface area contributed by atoms with Gasteiger partial charge in [-0.15, -0.1) is 0 Å². The summed E-state index contributed by atoms with van der Waals surface area (Å²) < 4.78 is 45.6. The van der Waals surface area contributed by atoms with Crippen LogP contribution in [0.4, 0.5) is 18.9 Å². The molecule has 11 heteroatoms. The summed E-state index contributed by atoms with van der Waals surface area (Å²) >= 11 is 3.28. The number of halogens is 4. The Labute approximate surface area is 182 Å². The van der Waals surface area contributed by atoms with E-state index in [0.717, 1.165) is 12.1 Å². The first-order valence-corrected chi connectivity index (χ1v) is 9.71. The third-order valence-electron chi connectivity index (χ3n) is 4.21. The average Bonchev–Trinajstić information content (AvgIpc) is 2.72. The van der Waals surface area contributed by atoms with E-state index in [4.69, 9.17) is 4.74 Å². The highest BCUT2D eigenvalue weighted by Gasteiger charge is 2.33. The number of ether oxygens (including phenoxy) is 1. The molecular weight excluding hydrogens is 483 g/mol. The van der Waals surface area contributed by atoms with Gasteiger partial charge in [-0.3, -0.25) is 19.0 Å². The topological polar surface area (TPSA) is 90.3 Å². The molecule has 0 radical (unpaired) electrons. The first kappa shape index (κ1) is 22.5. The summed E-state index contributed by atoms with van der Waals surface area (Å²) in [5, 5.41) is 2.44. The lowest BCUT2D eigenvalue weighted by molar-refractivity contribution is -0.147. The van der Waals surface area contributed by atoms with Crippen molar-refractivity contribution < 1.29 is 27.5 Å². The second kappa shape index (κ2) is 9.29. The zero-order valence-corrected chi connectivity index (χ0v) is 17.4. The summed E-state index contributed by atoms with van der Waals surface area (Å²) in [6.45, 7) is -0.797. The quantitative estimate of drug-likeness (QED) is 0.523. The molecule has 0 unspecified atom stereocenters. The van der Waals surface area contributed by atoms with Crippen LogP contribution in [0.3, 0.4) is 0 Å². The number of aromatic nitrogens is 2. The number of hydrogen-bond acceptors (Lipinski definition) is 5. The van der Waals surface area contributed by atoms with Crippen molar-refractivity contribution in [1.29, 1.82) is 0 Å². The number of amides is 1. The minimum atomic E-state index is -4.64. The molecule has 3 aromatic rings. The molecule has 1 N–H and O–H groups in total. The maximum absolute atomic E-state index is 13.0. The molecular formula is C20H15BrF3N3O4. The average molecular weight is 498 g/mol. The summed E-state index contributed by atoms with van der Waals surface area (Å²) in [7, 11) is 0. The number of benzene rings is 2. The van der Waals surface area contributed by atoms with Gasteiger partial charge in [-0.1, -0.05) is 28.1 Å². The molecule has 3 rings (SSSR count). The zero-order valence-electron chi connectivity index (χ0n) is 15.8. The number of alkyl halides is 3. The van der Waals surface area contributed by atoms with Crippen molar-refractivity contribution in [1.82, 2.24) is 9.55 Å². The minimum Gasteiger partial charge on any atom is -0.456 e. The van der Waals surface area contributed by atoms with Crippen molar-refractivity contribution in [3.05, 3.63) is 69.2 Å². The molecule has 0 saturated heterocycles. The standard InChI is InChI=1S/C20H15BrF3N3O4/c21-12-5-6-15-13(9-12)19(30)27(11-25-15)8-7-18(29)31-10-17(28)26-16-4-2-1-3-14(16)20(22,23)24/h1-6,9,11H,7-8,10H2,(H,26,28). The molecule has 7 nitrogen and oxygen atoms in total. The molecule has 1 aromatic heterocycles. The van der Waals surface area contributed by atoms with Crippen molar-refractivity contribution in [2.75, 3.05) is 11.9 Å². The van der Waals surface area contributed by atoms with Gasteiger partial charge in [0.25, 0.3) is 11.5 Å². The van der Waals surface area contributed by atoms with E-state index in [-0.39, 0.29) is 18.5 Å². The van der Waals surface area contributed by atoms with Gasteiger partial charge in [0.2, 0.25) is 0 Å². The van der Waals surface area contributed by atoms with Gasteiger partial charge in [-0.2, -0.15) is 13.2 Å². The summed E-state index contributed by atoms with van der Waals surface area (Å²) in [5.74, 6) is -1.71. The Hall–Kier alpha value is -3.21. The molecule has 162 valence electrons. The summed E-state index contributed by atoms with van der Waals surface area (Å²) in [6, 6.07) is 9.49. The lowest BCUT2D eigenvalue weighted by atomic mass is 10.1. The van der Waals surface area contributed by atoms with Crippen LogP contribution in [0.1, 0.15) is 12.0 Å². The molecule has 2 aromatic carbocycles. The maximum Gasteiger partial charge on any atom is 0.418 e. The van der Waals surface area contributed by atoms with Gasteiger partial charge in [0.15, 0.2) is 6.61 Å². The van der Waals surface area contributed by atoms with E-state index in [1.165, 1.54) is 23.0 Å². The fraction of sp³-hybridized carbons (Fsp3) is 0.200. The van der Waals surface area contributed by atoms with Gasteiger partial charge in [0, 0.05) is 11.0 Å². The fourth-order valence-electron chi connectivity index (χ4n) is 2.75. The lowest BCUT2D eigenvalue weighted by Crippen LogP contribution is -2.25. The number of carbonyl (C=O) groups excluding carboxylic acids is 2. The molecule has 0 bridgehead atoms. The monoisotopic (exact) mass is 497 g/mol. The first-order valence-electron chi connectivity index (χ1n) is 8.91. The van der Waals surface area contributed by atoms with Gasteiger partial charge in [-0.05, 0) is 30.3 Å². The molecule has 0 saturated carbocycles. The van der Waals surface area contributed by atoms with Crippen LogP contribution in [-0.2, 0) is 27.0 Å². The van der Waals surface area contributed by atoms with Crippen LogP contribution < -0.4 is 10.9 Å². The molecule has 0 aliphatic heterocycles. The van der Waals surface area contributed by atoms with E-state index >= 15 is 0 Å². The van der Waals surface area contributed by atoms with Crippen molar-refractivity contribution >= 4 is 44.4 Å². The largest absolute Gasteiger partial charge is 0.456 e. The number of fused-ring (bicyclic) bond motifs is 1. The molecule has 0 aliphatic rings. The van der Waals surface area contributed by atoms with Gasteiger partial charge < -0.3 is 10.1 Å². The van der Waals surface area contributed by atoms with Gasteiger partial charge in [0.1, 0.15) is 0 Å². The Balaban J connectivity index is 1.56. The number of hydrogen-bond donors (Lipinski definition) is 1. The summed E-state index contributed by atoms with van der Waals surface area (Å²) in [4.78, 5) is 40.4. The van der Waals surface area contributed by atoms with E-state index in [1.54, 1.807) is 18.2 Å². The molecule has 0 fully saturated rings. The Kier molecular flexibility index (Phi) is 6.74. The Morgan fingerprint density at radius 3 is 2.65 bits per heavy atom. The van der Waals surface area contributed by atoms with Crippen LogP contribution in [-0.4, -0.2) is 28.0 Å². The van der Waals surface area contributed by atoms with Crippen LogP contribution in [0, 0.1) is 0 Å². The Morgan fingerprint density at radius 1 is 1.16 bits per heavy atom. The van der Waals surface area contributed by atoms with Crippen LogP contribution in [0.25, 0.3) is 10.9 Å². The fourth-order valence-corrected chi connectivity index (χ4v) is 3.11. The SMILES string of the molecule is O=C(COC(=O)CCn1cnc2ccc(Br)cc2c1=O)Nc1ccccc1C(F)(F)F. The summed E-state index contributed by atoms with van der Waals surface area (Å²) in [6.07, 6.45) is -3.57. The number of aryl methyl sites for hydroxylation is 1. The second-order valence-corrected chi connectivity index (χ2v) is 7.32. The van der Waals surface area contributed by atoms with E-state index in [1.807, 2.05) is 0 Å². The summed E-state index contributed by atoms with van der Waals surface area (Å²) in [5.41, 5.74) is -1.29. The Morgan fingerprint density at radius 2 is 1.90 bits per heavy atom. The third kappa shape index (κ3) is 5.69. The van der Waals surface area contributed by atoms with Crippen LogP contribution in [0.15, 0.2) is 58.1 Å². The number of nitrogens with one attached hydrogen (secondary N) is 1. The predicted octanol–water partition coefficient (Wildman–Crippen LogP) is 3.75. The highest BCUT2D eigenvalue weighted by atomic mass is 79.9. The number of carbonyl (C=O) groups is 2. The van der Waals surface area contributed by atoms with Gasteiger partial charge in [-0.25, -0.2) is 4.98 Å². The van der Waals surface area contributed by atoms with Crippen LogP contribution in [0.2, 0.25) is 0 Å². The van der Waals surface area contributed by atoms with Crippen LogP contribution >= 0.6 is 15.9 Å². The van der Waals surface area contributed by atoms with Crippen molar-refractivity contribution in [2.24, 2.45) is 0 Å². The van der Waals surface area contributed by atoms with Gasteiger partial charge in [0.05, 0.1) is 34.9 Å².